The van der Waals surface area contributed by atoms with E-state index in [0.717, 1.165) is 31.2 Å². The Morgan fingerprint density at radius 3 is 2.46 bits per heavy atom. The van der Waals surface area contributed by atoms with Crippen molar-refractivity contribution in [3.63, 3.8) is 0 Å². The highest BCUT2D eigenvalue weighted by Crippen LogP contribution is 2.39. The lowest BCUT2D eigenvalue weighted by Gasteiger charge is -2.37. The molecule has 12 nitrogen and oxygen atoms in total. The first-order valence-corrected chi connectivity index (χ1v) is 18.2. The second-order valence-corrected chi connectivity index (χ2v) is 16.5. The molecule has 1 aromatic rings. The van der Waals surface area contributed by atoms with Crippen LogP contribution in [0, 0.1) is 11.3 Å². The van der Waals surface area contributed by atoms with Crippen LogP contribution in [0.25, 0.3) is 5.70 Å². The number of ketones is 1. The van der Waals surface area contributed by atoms with Crippen LogP contribution in [0.15, 0.2) is 30.3 Å². The summed E-state index contributed by atoms with van der Waals surface area (Å²) in [5, 5.41) is 9.06. The van der Waals surface area contributed by atoms with Crippen molar-refractivity contribution < 1.29 is 33.5 Å². The number of benzene rings is 1. The van der Waals surface area contributed by atoms with Gasteiger partial charge >= 0.3 is 0 Å². The van der Waals surface area contributed by atoms with E-state index in [-0.39, 0.29) is 49.3 Å². The van der Waals surface area contributed by atoms with Crippen molar-refractivity contribution in [1.82, 2.24) is 26.3 Å². The lowest BCUT2D eigenvalue weighted by atomic mass is 9.84. The molecule has 0 bridgehead atoms. The molecule has 4 aliphatic rings. The number of nitrogens with zero attached hydrogens (tertiary/aromatic N) is 1. The summed E-state index contributed by atoms with van der Waals surface area (Å²) in [5.41, 5.74) is 2.24. The van der Waals surface area contributed by atoms with Gasteiger partial charge in [-0.3, -0.25) is 34.3 Å². The summed E-state index contributed by atoms with van der Waals surface area (Å²) in [4.78, 5) is 75.7. The molecule has 13 heteroatoms. The van der Waals surface area contributed by atoms with Gasteiger partial charge in [0.25, 0.3) is 5.91 Å². The number of ether oxygens (including phenoxy) is 1. The van der Waals surface area contributed by atoms with Gasteiger partial charge < -0.3 is 25.6 Å². The molecule has 3 aliphatic heterocycles. The molecule has 50 heavy (non-hydrogen) atoms. The van der Waals surface area contributed by atoms with Crippen molar-refractivity contribution in [2.24, 2.45) is 11.3 Å². The molecule has 3 heterocycles. The first-order valence-electron chi connectivity index (χ1n) is 17.8. The monoisotopic (exact) mass is 713 g/mol. The van der Waals surface area contributed by atoms with E-state index in [1.165, 1.54) is 4.90 Å². The second-order valence-electron chi connectivity index (χ2n) is 16.0. The summed E-state index contributed by atoms with van der Waals surface area (Å²) >= 11 is 6.25. The molecule has 2 saturated heterocycles. The van der Waals surface area contributed by atoms with Gasteiger partial charge in [0.2, 0.25) is 23.5 Å². The second kappa shape index (κ2) is 15.0. The third-order valence-corrected chi connectivity index (χ3v) is 10.1. The minimum absolute atomic E-state index is 0.00610. The minimum atomic E-state index is -1.09. The van der Waals surface area contributed by atoms with Crippen molar-refractivity contribution in [1.29, 1.82) is 0 Å². The molecule has 1 aromatic carbocycles. The van der Waals surface area contributed by atoms with Gasteiger partial charge in [-0.2, -0.15) is 0 Å². The molecule has 1 aliphatic carbocycles. The Morgan fingerprint density at radius 1 is 1.08 bits per heavy atom. The number of carbonyl (C=O) groups is 5. The Bertz CT molecular complexity index is 1520. The van der Waals surface area contributed by atoms with E-state index in [0.29, 0.717) is 23.7 Å². The predicted octanol–water partition coefficient (Wildman–Crippen LogP) is 3.81. The van der Waals surface area contributed by atoms with Crippen LogP contribution in [-0.4, -0.2) is 82.8 Å². The number of hydrogen-bond acceptors (Lipinski definition) is 8. The van der Waals surface area contributed by atoms with Crippen molar-refractivity contribution in [3.05, 3.63) is 40.9 Å². The number of hydrogen-bond donors (Lipinski definition) is 4. The first-order chi connectivity index (χ1) is 23.5. The summed E-state index contributed by atoms with van der Waals surface area (Å²) in [6.07, 6.45) is 6.11. The lowest BCUT2D eigenvalue weighted by molar-refractivity contribution is -0.145. The normalized spacial score (nSPS) is 25.7. The van der Waals surface area contributed by atoms with E-state index in [1.807, 2.05) is 59.8 Å². The summed E-state index contributed by atoms with van der Waals surface area (Å²) < 4.78 is 5.83. The predicted molar refractivity (Wildman–Crippen MR) is 188 cm³/mol. The molecular formula is C37H52ClN5O7. The highest BCUT2D eigenvalue weighted by molar-refractivity contribution is 6.38. The van der Waals surface area contributed by atoms with Gasteiger partial charge in [0, 0.05) is 36.1 Å². The van der Waals surface area contributed by atoms with E-state index < -0.39 is 52.6 Å². The zero-order valence-corrected chi connectivity index (χ0v) is 30.8. The van der Waals surface area contributed by atoms with Crippen LogP contribution in [0.1, 0.15) is 98.5 Å². The van der Waals surface area contributed by atoms with Gasteiger partial charge in [-0.1, -0.05) is 57.8 Å². The Labute approximate surface area is 299 Å². The summed E-state index contributed by atoms with van der Waals surface area (Å²) in [6.45, 7) is 12.1. The largest absolute Gasteiger partial charge is 0.376 e. The molecule has 1 spiro atoms. The average Bonchev–Trinajstić information content (AvgIpc) is 3.62. The van der Waals surface area contributed by atoms with Crippen molar-refractivity contribution >= 4 is 46.7 Å². The summed E-state index contributed by atoms with van der Waals surface area (Å²) in [7, 11) is 0. The van der Waals surface area contributed by atoms with E-state index in [2.05, 4.69) is 21.4 Å². The molecule has 274 valence electrons. The maximum Gasteiger partial charge on any atom is 0.289 e. The summed E-state index contributed by atoms with van der Waals surface area (Å²) in [6, 6.07) is 4.14. The van der Waals surface area contributed by atoms with E-state index in [1.54, 1.807) is 12.1 Å². The fourth-order valence-electron chi connectivity index (χ4n) is 7.12. The Balaban J connectivity index is 1.40. The van der Waals surface area contributed by atoms with E-state index in [9.17, 15) is 24.0 Å². The highest BCUT2D eigenvalue weighted by Gasteiger charge is 2.54. The van der Waals surface area contributed by atoms with Crippen LogP contribution < -0.4 is 21.4 Å². The number of rotatable bonds is 12. The summed E-state index contributed by atoms with van der Waals surface area (Å²) in [5.74, 6) is -2.57. The highest BCUT2D eigenvalue weighted by atomic mass is 35.5. The quantitative estimate of drug-likeness (QED) is 0.239. The first kappa shape index (κ1) is 37.8. The van der Waals surface area contributed by atoms with Crippen LogP contribution in [0.4, 0.5) is 0 Å². The van der Waals surface area contributed by atoms with E-state index >= 15 is 0 Å². The van der Waals surface area contributed by atoms with Crippen LogP contribution in [0.5, 0.6) is 0 Å². The topological polar surface area (TPSA) is 155 Å². The fourth-order valence-corrected chi connectivity index (χ4v) is 7.31. The Morgan fingerprint density at radius 2 is 1.82 bits per heavy atom. The molecular weight excluding hydrogens is 662 g/mol. The van der Waals surface area contributed by atoms with Gasteiger partial charge in [-0.05, 0) is 75.5 Å². The smallest absolute Gasteiger partial charge is 0.289 e. The SMILES string of the molecule is CCC[C@H](NC(=O)[C@@H]1C[C@]2(C=C(c3cccc(Cl)c3)NO2)CN1C(=O)[C@@H](NC(=O)CC1CCOC(C)(C)C1)C(C)(C)C)C(=O)C(=O)NC1CC1. The molecule has 1 saturated carbocycles. The van der Waals surface area contributed by atoms with Gasteiger partial charge in [0.1, 0.15) is 17.7 Å². The molecule has 1 unspecified atom stereocenters. The molecule has 4 amide bonds. The fraction of sp³-hybridized carbons (Fsp3) is 0.649. The maximum atomic E-state index is 14.6. The number of halogens is 1. The number of nitrogens with one attached hydrogen (secondary N) is 4. The zero-order valence-electron chi connectivity index (χ0n) is 30.0. The number of likely N-dealkylation sites (tertiary alicyclic amines) is 1. The third-order valence-electron chi connectivity index (χ3n) is 9.88. The third kappa shape index (κ3) is 9.24. The molecule has 4 N–H and O–H groups in total. The molecule has 0 radical (unpaired) electrons. The number of amides is 4. The van der Waals surface area contributed by atoms with Crippen molar-refractivity contribution in [3.8, 4) is 0 Å². The molecule has 5 atom stereocenters. The van der Waals surface area contributed by atoms with Crippen LogP contribution in [-0.2, 0) is 33.5 Å². The molecule has 0 aromatic heterocycles. The minimum Gasteiger partial charge on any atom is -0.376 e. The lowest BCUT2D eigenvalue weighted by Crippen LogP contribution is -2.59. The van der Waals surface area contributed by atoms with Crippen molar-refractivity contribution in [2.75, 3.05) is 13.2 Å². The number of Topliss-reactive ketones (excluding diaryl/α,β-unsaturated/α-hetero) is 1. The van der Waals surface area contributed by atoms with E-state index in [4.69, 9.17) is 21.2 Å². The number of carbonyl (C=O) groups excluding carboxylic acids is 5. The van der Waals surface area contributed by atoms with Gasteiger partial charge in [-0.25, -0.2) is 0 Å². The van der Waals surface area contributed by atoms with Crippen molar-refractivity contribution in [2.45, 2.75) is 128 Å². The zero-order chi connectivity index (χ0) is 36.4. The average molecular weight is 714 g/mol. The molecule has 3 fully saturated rings. The maximum absolute atomic E-state index is 14.6. The molecule has 5 rings (SSSR count). The standard InChI is InChI=1S/C37H52ClN5O7/c1-7-9-26(30(45)33(47)39-25-12-13-25)40-32(46)28-20-37(19-27(42-50-37)23-10-8-11-24(38)17-23)21-43(28)34(48)31(35(2,3)4)41-29(44)16-22-14-15-49-36(5,6)18-22/h8,10-11,17,19,22,25-26,28,31,42H,7,9,12-16,18,20-21H2,1-6H3,(H,39,47)(H,40,46)(H,41,44)/t22?,26-,28-,31+,37+/m0/s1. The van der Waals surface area contributed by atoms with Gasteiger partial charge in [0.15, 0.2) is 0 Å². The van der Waals surface area contributed by atoms with Crippen LogP contribution in [0.3, 0.4) is 0 Å². The Hall–Kier alpha value is -3.48. The van der Waals surface area contributed by atoms with Crippen LogP contribution in [0.2, 0.25) is 5.02 Å². The van der Waals surface area contributed by atoms with Gasteiger partial charge in [0.05, 0.1) is 23.9 Å². The number of hydroxylamine groups is 1. The van der Waals surface area contributed by atoms with Gasteiger partial charge in [-0.15, -0.1) is 0 Å². The van der Waals surface area contributed by atoms with Crippen LogP contribution >= 0.6 is 11.6 Å². The Kier molecular flexibility index (Phi) is 11.3.